The number of methoxy groups -OCH3 is 1. The van der Waals surface area contributed by atoms with E-state index in [1.807, 2.05) is 6.92 Å². The molecule has 0 aromatic heterocycles. The van der Waals surface area contributed by atoms with Crippen LogP contribution in [0.3, 0.4) is 0 Å². The van der Waals surface area contributed by atoms with E-state index < -0.39 is 0 Å². The lowest BCUT2D eigenvalue weighted by atomic mass is 10.1. The monoisotopic (exact) mass is 392 g/mol. The number of halogens is 1. The number of aldehydes is 1. The SMILES string of the molecule is COc1cc(C=O)cc(Br)c1OCCOc1c(C)ccc(C)c1C. The number of carbonyl (C=O) groups is 1. The zero-order chi connectivity index (χ0) is 17.7. The van der Waals surface area contributed by atoms with E-state index in [0.717, 1.165) is 23.2 Å². The van der Waals surface area contributed by atoms with Crippen LogP contribution in [0.25, 0.3) is 0 Å². The van der Waals surface area contributed by atoms with Crippen LogP contribution in [-0.4, -0.2) is 26.6 Å². The molecule has 2 aromatic rings. The van der Waals surface area contributed by atoms with Crippen LogP contribution >= 0.6 is 15.9 Å². The molecule has 0 heterocycles. The van der Waals surface area contributed by atoms with Crippen LogP contribution in [0.15, 0.2) is 28.7 Å². The minimum absolute atomic E-state index is 0.363. The fourth-order valence-electron chi connectivity index (χ4n) is 2.38. The van der Waals surface area contributed by atoms with Gasteiger partial charge in [0, 0.05) is 5.56 Å². The van der Waals surface area contributed by atoms with E-state index in [0.29, 0.717) is 34.7 Å². The summed E-state index contributed by atoms with van der Waals surface area (Å²) in [6.07, 6.45) is 0.767. The molecule has 0 bridgehead atoms. The number of hydrogen-bond donors (Lipinski definition) is 0. The third kappa shape index (κ3) is 4.09. The van der Waals surface area contributed by atoms with Gasteiger partial charge in [-0.15, -0.1) is 0 Å². The van der Waals surface area contributed by atoms with Crippen molar-refractivity contribution in [3.8, 4) is 17.2 Å². The highest BCUT2D eigenvalue weighted by atomic mass is 79.9. The molecule has 24 heavy (non-hydrogen) atoms. The molecule has 0 atom stereocenters. The van der Waals surface area contributed by atoms with E-state index in [9.17, 15) is 4.79 Å². The molecule has 0 aliphatic heterocycles. The van der Waals surface area contributed by atoms with E-state index in [2.05, 4.69) is 41.9 Å². The lowest BCUT2D eigenvalue weighted by molar-refractivity contribution is 0.112. The molecule has 0 fully saturated rings. The number of aryl methyl sites for hydroxylation is 2. The first-order valence-corrected chi connectivity index (χ1v) is 8.42. The molecule has 4 nitrogen and oxygen atoms in total. The fraction of sp³-hybridized carbons (Fsp3) is 0.316. The van der Waals surface area contributed by atoms with Gasteiger partial charge in [0.05, 0.1) is 11.6 Å². The maximum atomic E-state index is 10.9. The van der Waals surface area contributed by atoms with Crippen LogP contribution in [0.4, 0.5) is 0 Å². The van der Waals surface area contributed by atoms with Gasteiger partial charge in [-0.3, -0.25) is 4.79 Å². The van der Waals surface area contributed by atoms with Gasteiger partial charge >= 0.3 is 0 Å². The van der Waals surface area contributed by atoms with Crippen molar-refractivity contribution in [2.75, 3.05) is 20.3 Å². The van der Waals surface area contributed by atoms with Gasteiger partial charge in [-0.25, -0.2) is 0 Å². The van der Waals surface area contributed by atoms with Crippen molar-refractivity contribution >= 4 is 22.2 Å². The van der Waals surface area contributed by atoms with Crippen LogP contribution in [0.5, 0.6) is 17.2 Å². The molecule has 0 saturated carbocycles. The Balaban J connectivity index is 2.03. The summed E-state index contributed by atoms with van der Waals surface area (Å²) in [5.74, 6) is 1.97. The maximum Gasteiger partial charge on any atom is 0.175 e. The second-order valence-corrected chi connectivity index (χ2v) is 6.36. The van der Waals surface area contributed by atoms with Crippen molar-refractivity contribution in [3.05, 3.63) is 51.0 Å². The van der Waals surface area contributed by atoms with E-state index >= 15 is 0 Å². The molecular formula is C19H21BrO4. The van der Waals surface area contributed by atoms with Crippen molar-refractivity contribution in [1.29, 1.82) is 0 Å². The Labute approximate surface area is 150 Å². The number of benzene rings is 2. The maximum absolute atomic E-state index is 10.9. The molecule has 0 N–H and O–H groups in total. The normalized spacial score (nSPS) is 10.4. The Morgan fingerprint density at radius 1 is 1.00 bits per heavy atom. The van der Waals surface area contributed by atoms with E-state index in [1.54, 1.807) is 19.2 Å². The van der Waals surface area contributed by atoms with Crippen LogP contribution in [0.2, 0.25) is 0 Å². The highest BCUT2D eigenvalue weighted by Crippen LogP contribution is 2.36. The van der Waals surface area contributed by atoms with Gasteiger partial charge in [0.2, 0.25) is 0 Å². The molecular weight excluding hydrogens is 372 g/mol. The van der Waals surface area contributed by atoms with Crippen molar-refractivity contribution in [3.63, 3.8) is 0 Å². The summed E-state index contributed by atoms with van der Waals surface area (Å²) >= 11 is 3.40. The minimum atomic E-state index is 0.363. The molecule has 0 aliphatic carbocycles. The standard InChI is InChI=1S/C19H21BrO4/c1-12-5-6-13(2)18(14(12)3)23-7-8-24-19-16(20)9-15(11-21)10-17(19)22-4/h5-6,9-11H,7-8H2,1-4H3. The van der Waals surface area contributed by atoms with Crippen LogP contribution in [0, 0.1) is 20.8 Å². The van der Waals surface area contributed by atoms with Gasteiger partial charge in [-0.1, -0.05) is 12.1 Å². The third-order valence-electron chi connectivity index (χ3n) is 3.84. The molecule has 5 heteroatoms. The van der Waals surface area contributed by atoms with Gasteiger partial charge in [0.15, 0.2) is 11.5 Å². The van der Waals surface area contributed by atoms with E-state index in [4.69, 9.17) is 14.2 Å². The van der Waals surface area contributed by atoms with Crippen molar-refractivity contribution in [1.82, 2.24) is 0 Å². The van der Waals surface area contributed by atoms with E-state index in [1.165, 1.54) is 5.56 Å². The first-order chi connectivity index (χ1) is 11.5. The first kappa shape index (κ1) is 18.3. The Morgan fingerprint density at radius 3 is 2.25 bits per heavy atom. The lowest BCUT2D eigenvalue weighted by Crippen LogP contribution is -2.11. The third-order valence-corrected chi connectivity index (χ3v) is 4.43. The topological polar surface area (TPSA) is 44.8 Å². The highest BCUT2D eigenvalue weighted by Gasteiger charge is 2.12. The van der Waals surface area contributed by atoms with Gasteiger partial charge in [-0.05, 0) is 65.5 Å². The van der Waals surface area contributed by atoms with Gasteiger partial charge in [0.25, 0.3) is 0 Å². The summed E-state index contributed by atoms with van der Waals surface area (Å²) in [4.78, 5) is 10.9. The van der Waals surface area contributed by atoms with Gasteiger partial charge in [-0.2, -0.15) is 0 Å². The molecule has 0 saturated heterocycles. The minimum Gasteiger partial charge on any atom is -0.493 e. The Hall–Kier alpha value is -2.01. The summed E-state index contributed by atoms with van der Waals surface area (Å²) in [7, 11) is 1.54. The first-order valence-electron chi connectivity index (χ1n) is 7.63. The molecule has 2 rings (SSSR count). The molecule has 128 valence electrons. The second kappa shape index (κ2) is 8.20. The second-order valence-electron chi connectivity index (χ2n) is 5.50. The fourth-order valence-corrected chi connectivity index (χ4v) is 2.96. The number of hydrogen-bond acceptors (Lipinski definition) is 4. The predicted molar refractivity (Wildman–Crippen MR) is 97.7 cm³/mol. The largest absolute Gasteiger partial charge is 0.493 e. The molecule has 0 amide bonds. The van der Waals surface area contributed by atoms with Crippen molar-refractivity contribution in [2.45, 2.75) is 20.8 Å². The van der Waals surface area contributed by atoms with E-state index in [-0.39, 0.29) is 0 Å². The van der Waals surface area contributed by atoms with Crippen molar-refractivity contribution in [2.24, 2.45) is 0 Å². The number of carbonyl (C=O) groups excluding carboxylic acids is 1. The Kier molecular flexibility index (Phi) is 6.26. The summed E-state index contributed by atoms with van der Waals surface area (Å²) in [5, 5.41) is 0. The molecule has 0 radical (unpaired) electrons. The zero-order valence-corrected chi connectivity index (χ0v) is 15.9. The average Bonchev–Trinajstić information content (AvgIpc) is 2.58. The molecule has 2 aromatic carbocycles. The summed E-state index contributed by atoms with van der Waals surface area (Å²) in [6.45, 7) is 6.92. The molecule has 0 spiro atoms. The smallest absolute Gasteiger partial charge is 0.175 e. The molecule has 0 unspecified atom stereocenters. The summed E-state index contributed by atoms with van der Waals surface area (Å²) < 4.78 is 17.6. The Bertz CT molecular complexity index is 741. The van der Waals surface area contributed by atoms with Crippen molar-refractivity contribution < 1.29 is 19.0 Å². The zero-order valence-electron chi connectivity index (χ0n) is 14.3. The van der Waals surface area contributed by atoms with Crippen LogP contribution in [0.1, 0.15) is 27.0 Å². The lowest BCUT2D eigenvalue weighted by Gasteiger charge is -2.16. The number of rotatable bonds is 7. The quantitative estimate of drug-likeness (QED) is 0.507. The van der Waals surface area contributed by atoms with Gasteiger partial charge in [0.1, 0.15) is 25.2 Å². The Morgan fingerprint density at radius 2 is 1.62 bits per heavy atom. The van der Waals surface area contributed by atoms with Gasteiger partial charge < -0.3 is 14.2 Å². The van der Waals surface area contributed by atoms with Crippen LogP contribution < -0.4 is 14.2 Å². The van der Waals surface area contributed by atoms with Crippen LogP contribution in [-0.2, 0) is 0 Å². The summed E-state index contributed by atoms with van der Waals surface area (Å²) in [5.41, 5.74) is 3.97. The molecule has 0 aliphatic rings. The highest BCUT2D eigenvalue weighted by molar-refractivity contribution is 9.10. The number of ether oxygens (including phenoxy) is 3. The summed E-state index contributed by atoms with van der Waals surface area (Å²) in [6, 6.07) is 7.48. The average molecular weight is 393 g/mol. The predicted octanol–water partition coefficient (Wildman–Crippen LogP) is 4.65.